The van der Waals surface area contributed by atoms with E-state index in [1.165, 1.54) is 6.33 Å². The summed E-state index contributed by atoms with van der Waals surface area (Å²) in [6.07, 6.45) is 3.56. The summed E-state index contributed by atoms with van der Waals surface area (Å²) in [6, 6.07) is 7.59. The van der Waals surface area contributed by atoms with E-state index in [4.69, 9.17) is 4.74 Å². The molecule has 2 heterocycles. The summed E-state index contributed by atoms with van der Waals surface area (Å²) in [4.78, 5) is 18.7. The van der Waals surface area contributed by atoms with Gasteiger partial charge in [0.05, 0.1) is 17.9 Å². The van der Waals surface area contributed by atoms with Crippen LogP contribution in [0.4, 0.5) is 0 Å². The van der Waals surface area contributed by atoms with E-state index in [0.717, 1.165) is 18.8 Å². The van der Waals surface area contributed by atoms with Gasteiger partial charge in [0.25, 0.3) is 5.91 Å². The van der Waals surface area contributed by atoms with Gasteiger partial charge in [-0.25, -0.2) is 9.67 Å². The second-order valence-corrected chi connectivity index (χ2v) is 6.66. The second-order valence-electron chi connectivity index (χ2n) is 6.66. The topological polar surface area (TPSA) is 72.3 Å². The van der Waals surface area contributed by atoms with E-state index < -0.39 is 0 Å². The van der Waals surface area contributed by atoms with Gasteiger partial charge in [0, 0.05) is 31.2 Å². The Bertz CT molecular complexity index is 676. The molecule has 0 bridgehead atoms. The minimum absolute atomic E-state index is 0.0636. The Morgan fingerprint density at radius 1 is 1.28 bits per heavy atom. The lowest BCUT2D eigenvalue weighted by Gasteiger charge is -2.39. The van der Waals surface area contributed by atoms with E-state index in [0.29, 0.717) is 12.1 Å². The molecule has 1 N–H and O–H groups in total. The van der Waals surface area contributed by atoms with Crippen LogP contribution >= 0.6 is 0 Å². The Morgan fingerprint density at radius 2 is 1.96 bits per heavy atom. The van der Waals surface area contributed by atoms with E-state index in [1.807, 2.05) is 12.1 Å². The Morgan fingerprint density at radius 3 is 2.56 bits per heavy atom. The molecule has 0 radical (unpaired) electrons. The summed E-state index contributed by atoms with van der Waals surface area (Å²) in [7, 11) is 0. The van der Waals surface area contributed by atoms with Crippen molar-refractivity contribution in [2.75, 3.05) is 19.6 Å². The van der Waals surface area contributed by atoms with Crippen LogP contribution in [0.25, 0.3) is 5.69 Å². The maximum Gasteiger partial charge on any atom is 0.251 e. The molecule has 25 heavy (non-hydrogen) atoms. The third-order valence-electron chi connectivity index (χ3n) is 4.44. The van der Waals surface area contributed by atoms with Crippen LogP contribution in [-0.4, -0.2) is 63.5 Å². The molecule has 0 spiro atoms. The number of aromatic nitrogens is 3. The minimum Gasteiger partial charge on any atom is -0.373 e. The minimum atomic E-state index is -0.0636. The predicted octanol–water partition coefficient (Wildman–Crippen LogP) is 1.49. The molecule has 1 saturated heterocycles. The number of morpholine rings is 1. The number of nitrogens with one attached hydrogen (secondary N) is 1. The molecule has 7 nitrogen and oxygen atoms in total. The van der Waals surface area contributed by atoms with Crippen molar-refractivity contribution in [1.82, 2.24) is 25.0 Å². The van der Waals surface area contributed by atoms with Crippen LogP contribution in [0.1, 0.15) is 31.1 Å². The summed E-state index contributed by atoms with van der Waals surface area (Å²) in [5.41, 5.74) is 1.51. The fourth-order valence-electron chi connectivity index (χ4n) is 3.16. The SMILES string of the molecule is C[C@@H]1CN([C@@H](C)CNC(=O)c2ccc(-n3cncn3)cc2)C[C@@H](C)O1. The Kier molecular flexibility index (Phi) is 5.45. The Hall–Kier alpha value is -2.25. The van der Waals surface area contributed by atoms with Gasteiger partial charge in [0.2, 0.25) is 0 Å². The first-order valence-corrected chi connectivity index (χ1v) is 8.65. The number of carbonyl (C=O) groups is 1. The number of benzene rings is 1. The lowest BCUT2D eigenvalue weighted by Crippen LogP contribution is -2.52. The number of rotatable bonds is 5. The van der Waals surface area contributed by atoms with Crippen LogP contribution in [0.3, 0.4) is 0 Å². The molecule has 0 saturated carbocycles. The number of hydrogen-bond donors (Lipinski definition) is 1. The first-order chi connectivity index (χ1) is 12.0. The van der Waals surface area contributed by atoms with E-state index in [9.17, 15) is 4.79 Å². The van der Waals surface area contributed by atoms with Crippen molar-refractivity contribution in [2.24, 2.45) is 0 Å². The fraction of sp³-hybridized carbons (Fsp3) is 0.500. The van der Waals surface area contributed by atoms with Gasteiger partial charge in [0.1, 0.15) is 12.7 Å². The molecular formula is C18H25N5O2. The standard InChI is InChI=1S/C18H25N5O2/c1-13(22-9-14(2)25-15(3)10-22)8-20-18(24)16-4-6-17(7-5-16)23-12-19-11-21-23/h4-7,11-15H,8-10H2,1-3H3,(H,20,24)/t13-,14+,15+/m0/s1. The van der Waals surface area contributed by atoms with Crippen molar-refractivity contribution in [1.29, 1.82) is 0 Å². The highest BCUT2D eigenvalue weighted by atomic mass is 16.5. The maximum atomic E-state index is 12.4. The highest BCUT2D eigenvalue weighted by molar-refractivity contribution is 5.94. The molecule has 1 aliphatic heterocycles. The molecule has 1 aliphatic rings. The normalized spacial score (nSPS) is 22.5. The molecule has 0 unspecified atom stereocenters. The molecule has 3 atom stereocenters. The summed E-state index contributed by atoms with van der Waals surface area (Å²) in [5, 5.41) is 7.10. The van der Waals surface area contributed by atoms with E-state index >= 15 is 0 Å². The quantitative estimate of drug-likeness (QED) is 0.891. The fourth-order valence-corrected chi connectivity index (χ4v) is 3.16. The molecule has 134 valence electrons. The van der Waals surface area contributed by atoms with Crippen molar-refractivity contribution < 1.29 is 9.53 Å². The number of hydrogen-bond acceptors (Lipinski definition) is 5. The third-order valence-corrected chi connectivity index (χ3v) is 4.44. The smallest absolute Gasteiger partial charge is 0.251 e. The van der Waals surface area contributed by atoms with Crippen LogP contribution in [0.2, 0.25) is 0 Å². The molecule has 0 aliphatic carbocycles. The largest absolute Gasteiger partial charge is 0.373 e. The Balaban J connectivity index is 1.53. The molecule has 7 heteroatoms. The summed E-state index contributed by atoms with van der Waals surface area (Å²) in [5.74, 6) is -0.0636. The van der Waals surface area contributed by atoms with Crippen molar-refractivity contribution >= 4 is 5.91 Å². The molecular weight excluding hydrogens is 318 g/mol. The summed E-state index contributed by atoms with van der Waals surface area (Å²) < 4.78 is 7.42. The van der Waals surface area contributed by atoms with Gasteiger partial charge in [-0.3, -0.25) is 9.69 Å². The summed E-state index contributed by atoms with van der Waals surface area (Å²) in [6.45, 7) is 8.72. The molecule has 1 aromatic heterocycles. The van der Waals surface area contributed by atoms with Gasteiger partial charge < -0.3 is 10.1 Å². The van der Waals surface area contributed by atoms with Gasteiger partial charge in [-0.2, -0.15) is 5.10 Å². The highest BCUT2D eigenvalue weighted by Crippen LogP contribution is 2.13. The monoisotopic (exact) mass is 343 g/mol. The Labute approximate surface area is 148 Å². The summed E-state index contributed by atoms with van der Waals surface area (Å²) >= 11 is 0. The van der Waals surface area contributed by atoms with Crippen LogP contribution in [-0.2, 0) is 4.74 Å². The van der Waals surface area contributed by atoms with Gasteiger partial charge in [0.15, 0.2) is 0 Å². The number of carbonyl (C=O) groups excluding carboxylic acids is 1. The lowest BCUT2D eigenvalue weighted by molar-refractivity contribution is -0.0778. The van der Waals surface area contributed by atoms with Gasteiger partial charge in [-0.15, -0.1) is 0 Å². The maximum absolute atomic E-state index is 12.4. The average Bonchev–Trinajstić information content (AvgIpc) is 3.13. The highest BCUT2D eigenvalue weighted by Gasteiger charge is 2.25. The number of ether oxygens (including phenoxy) is 1. The molecule has 3 rings (SSSR count). The van der Waals surface area contributed by atoms with Crippen LogP contribution in [0.15, 0.2) is 36.9 Å². The zero-order valence-corrected chi connectivity index (χ0v) is 14.9. The van der Waals surface area contributed by atoms with Crippen LogP contribution in [0.5, 0.6) is 0 Å². The van der Waals surface area contributed by atoms with Crippen molar-refractivity contribution in [2.45, 2.75) is 39.0 Å². The third kappa shape index (κ3) is 4.43. The van der Waals surface area contributed by atoms with Gasteiger partial charge in [-0.05, 0) is 45.0 Å². The van der Waals surface area contributed by atoms with Crippen LogP contribution < -0.4 is 5.32 Å². The lowest BCUT2D eigenvalue weighted by atomic mass is 10.1. The predicted molar refractivity (Wildman–Crippen MR) is 94.7 cm³/mol. The molecule has 1 aromatic carbocycles. The second kappa shape index (κ2) is 7.76. The van der Waals surface area contributed by atoms with Gasteiger partial charge >= 0.3 is 0 Å². The number of nitrogens with zero attached hydrogens (tertiary/aromatic N) is 4. The van der Waals surface area contributed by atoms with Crippen molar-refractivity contribution in [3.8, 4) is 5.69 Å². The van der Waals surface area contributed by atoms with E-state index in [-0.39, 0.29) is 24.2 Å². The van der Waals surface area contributed by atoms with E-state index in [1.54, 1.807) is 23.1 Å². The number of amides is 1. The van der Waals surface area contributed by atoms with Crippen molar-refractivity contribution in [3.05, 3.63) is 42.5 Å². The van der Waals surface area contributed by atoms with E-state index in [2.05, 4.69) is 41.1 Å². The first-order valence-electron chi connectivity index (χ1n) is 8.65. The van der Waals surface area contributed by atoms with Gasteiger partial charge in [-0.1, -0.05) is 0 Å². The molecule has 1 amide bonds. The molecule has 1 fully saturated rings. The first kappa shape index (κ1) is 17.6. The van der Waals surface area contributed by atoms with Crippen molar-refractivity contribution in [3.63, 3.8) is 0 Å². The zero-order chi connectivity index (χ0) is 17.8. The average molecular weight is 343 g/mol. The molecule has 2 aromatic rings. The zero-order valence-electron chi connectivity index (χ0n) is 14.9. The van der Waals surface area contributed by atoms with Crippen LogP contribution in [0, 0.1) is 0 Å².